The summed E-state index contributed by atoms with van der Waals surface area (Å²) in [6, 6.07) is 88.6. The van der Waals surface area contributed by atoms with Gasteiger partial charge in [-0.05, 0) is 236 Å². The van der Waals surface area contributed by atoms with Crippen molar-refractivity contribution in [1.29, 1.82) is 0 Å². The Balaban J connectivity index is 0.959. The van der Waals surface area contributed by atoms with Gasteiger partial charge in [-0.2, -0.15) is 0 Å². The Labute approximate surface area is 584 Å². The van der Waals surface area contributed by atoms with Crippen LogP contribution in [0.25, 0.3) is 72.0 Å². The maximum Gasteiger partial charge on any atom is 0.252 e. The van der Waals surface area contributed by atoms with Crippen molar-refractivity contribution < 1.29 is 0 Å². The van der Waals surface area contributed by atoms with Gasteiger partial charge >= 0.3 is 0 Å². The molecule has 0 atom stereocenters. The highest BCUT2D eigenvalue weighted by atomic mass is 15.2. The predicted octanol–water partition coefficient (Wildman–Crippen LogP) is 24.1. The standard InChI is InChI=1S/C94H96BN3/c1-88(2,3)67-34-25-61(26-35-67)66-55-85-87-86(56-66)97(71-39-29-60(30-40-71)64-32-43-76-78(53-64)94(16,17)50-48-92(76,12)13)84-58-72(98-81-24-19-18-23-73(81)74-57-69(90(7,8)9)36-46-82(74)98)41-44-79(84)95(87)80-54-65(62-21-20-22-68(51-62)89(4,5)6)33-45-83(80)96(85)70-37-27-59(28-38-70)63-31-42-75-77(52-63)93(14,15)49-47-91(75,10)11/h18-46,51-58H,47-50H2,1-17H3. The minimum absolute atomic E-state index is 0.000598. The van der Waals surface area contributed by atoms with Crippen LogP contribution in [-0.2, 0) is 37.9 Å². The molecule has 4 aliphatic rings. The van der Waals surface area contributed by atoms with Gasteiger partial charge in [0, 0.05) is 50.6 Å². The predicted molar refractivity (Wildman–Crippen MR) is 423 cm³/mol. The number of nitrogens with zero attached hydrogens (tertiary/aromatic N) is 3. The fourth-order valence-electron chi connectivity index (χ4n) is 17.2. The lowest BCUT2D eigenvalue weighted by atomic mass is 9.33. The van der Waals surface area contributed by atoms with Crippen molar-refractivity contribution in [2.45, 2.75) is 181 Å². The fraction of sp³-hybridized carbons (Fsp3) is 0.298. The van der Waals surface area contributed by atoms with Crippen LogP contribution in [0.15, 0.2) is 224 Å². The Morgan fingerprint density at radius 1 is 0.286 bits per heavy atom. The molecule has 11 aromatic carbocycles. The highest BCUT2D eigenvalue weighted by molar-refractivity contribution is 7.00. The normalized spacial score (nSPS) is 16.5. The molecular weight excluding hydrogens is 1180 g/mol. The second kappa shape index (κ2) is 22.2. The lowest BCUT2D eigenvalue weighted by Gasteiger charge is -2.45. The number of hydrogen-bond donors (Lipinski definition) is 0. The third kappa shape index (κ3) is 10.5. The first-order valence-corrected chi connectivity index (χ1v) is 36.3. The number of fused-ring (bicyclic) bond motifs is 9. The molecular formula is C94H96BN3. The molecule has 98 heavy (non-hydrogen) atoms. The molecule has 0 spiro atoms. The first-order chi connectivity index (χ1) is 46.4. The van der Waals surface area contributed by atoms with E-state index in [1.807, 2.05) is 0 Å². The fourth-order valence-corrected chi connectivity index (χ4v) is 17.2. The zero-order chi connectivity index (χ0) is 68.5. The zero-order valence-electron chi connectivity index (χ0n) is 61.1. The van der Waals surface area contributed by atoms with Crippen molar-refractivity contribution in [2.24, 2.45) is 0 Å². The van der Waals surface area contributed by atoms with Gasteiger partial charge in [-0.3, -0.25) is 0 Å². The SMILES string of the molecule is CC(C)(C)c1ccc(-c2cc3c4c(c2)N(c2ccc(-c5ccc6c(c5)C(C)(C)CCC6(C)C)cc2)c2cc(-n5c6ccccc6c6cc(C(C)(C)C)ccc65)ccc2B4c2cc(-c4cccc(C(C)(C)C)c4)ccc2N3c2ccc(-c3ccc4c(c3)C(C)(C)CCC4(C)C)cc2)cc1. The molecule has 0 unspecified atom stereocenters. The molecule has 4 heteroatoms. The van der Waals surface area contributed by atoms with E-state index >= 15 is 0 Å². The molecule has 3 nitrogen and oxygen atoms in total. The van der Waals surface area contributed by atoms with Crippen LogP contribution in [0, 0.1) is 0 Å². The summed E-state index contributed by atoms with van der Waals surface area (Å²) in [5, 5.41) is 2.54. The van der Waals surface area contributed by atoms with E-state index < -0.39 is 0 Å². The van der Waals surface area contributed by atoms with Crippen LogP contribution >= 0.6 is 0 Å². The average molecular weight is 1280 g/mol. The van der Waals surface area contributed by atoms with Gasteiger partial charge in [0.05, 0.1) is 11.0 Å². The minimum Gasteiger partial charge on any atom is -0.311 e. The van der Waals surface area contributed by atoms with Gasteiger partial charge in [0.25, 0.3) is 6.71 Å². The summed E-state index contributed by atoms with van der Waals surface area (Å²) in [6.07, 6.45) is 4.74. The van der Waals surface area contributed by atoms with E-state index in [1.165, 1.54) is 170 Å². The van der Waals surface area contributed by atoms with E-state index in [1.54, 1.807) is 0 Å². The molecule has 0 bridgehead atoms. The van der Waals surface area contributed by atoms with E-state index in [-0.39, 0.29) is 44.6 Å². The highest BCUT2D eigenvalue weighted by Crippen LogP contribution is 2.52. The summed E-state index contributed by atoms with van der Waals surface area (Å²) in [7, 11) is 0. The smallest absolute Gasteiger partial charge is 0.252 e. The number of anilines is 6. The molecule has 2 aliphatic carbocycles. The maximum absolute atomic E-state index is 2.64. The number of hydrogen-bond acceptors (Lipinski definition) is 2. The molecule has 16 rings (SSSR count). The van der Waals surface area contributed by atoms with Gasteiger partial charge in [-0.15, -0.1) is 0 Å². The first kappa shape index (κ1) is 63.6. The molecule has 0 amide bonds. The maximum atomic E-state index is 2.64. The number of rotatable bonds is 7. The quantitative estimate of drug-likeness (QED) is 0.147. The lowest BCUT2D eigenvalue weighted by molar-refractivity contribution is 0.332. The van der Waals surface area contributed by atoms with Crippen LogP contribution in [0.3, 0.4) is 0 Å². The zero-order valence-corrected chi connectivity index (χ0v) is 61.1. The van der Waals surface area contributed by atoms with Crippen molar-refractivity contribution in [1.82, 2.24) is 4.57 Å². The van der Waals surface area contributed by atoms with E-state index in [2.05, 4.69) is 357 Å². The topological polar surface area (TPSA) is 11.4 Å². The molecule has 1 aromatic heterocycles. The number of aromatic nitrogens is 1. The number of benzene rings is 11. The van der Waals surface area contributed by atoms with Crippen LogP contribution in [0.1, 0.15) is 182 Å². The van der Waals surface area contributed by atoms with Crippen LogP contribution in [0.5, 0.6) is 0 Å². The summed E-state index contributed by atoms with van der Waals surface area (Å²) in [6.45, 7) is 40.2. The van der Waals surface area contributed by atoms with Crippen LogP contribution in [0.2, 0.25) is 0 Å². The Bertz CT molecular complexity index is 5200. The molecule has 0 fully saturated rings. The van der Waals surface area contributed by atoms with Gasteiger partial charge in [-0.25, -0.2) is 0 Å². The van der Waals surface area contributed by atoms with Crippen molar-refractivity contribution in [3.63, 3.8) is 0 Å². The summed E-state index contributed by atoms with van der Waals surface area (Å²) in [4.78, 5) is 5.25. The highest BCUT2D eigenvalue weighted by Gasteiger charge is 2.45. The summed E-state index contributed by atoms with van der Waals surface area (Å²) < 4.78 is 2.53. The summed E-state index contributed by atoms with van der Waals surface area (Å²) in [5.74, 6) is 0. The van der Waals surface area contributed by atoms with Crippen molar-refractivity contribution in [3.8, 4) is 50.2 Å². The van der Waals surface area contributed by atoms with Gasteiger partial charge < -0.3 is 14.4 Å². The monoisotopic (exact) mass is 1280 g/mol. The molecule has 12 aromatic rings. The molecule has 0 N–H and O–H groups in total. The van der Waals surface area contributed by atoms with Gasteiger partial charge in [0.2, 0.25) is 0 Å². The molecule has 0 radical (unpaired) electrons. The summed E-state index contributed by atoms with van der Waals surface area (Å²) in [5.41, 5.74) is 34.6. The van der Waals surface area contributed by atoms with E-state index in [0.717, 1.165) is 17.1 Å². The first-order valence-electron chi connectivity index (χ1n) is 36.3. The Kier molecular flexibility index (Phi) is 14.4. The van der Waals surface area contributed by atoms with Crippen LogP contribution in [-0.4, -0.2) is 11.3 Å². The molecule has 0 saturated heterocycles. The molecule has 0 saturated carbocycles. The van der Waals surface area contributed by atoms with E-state index in [9.17, 15) is 0 Å². The summed E-state index contributed by atoms with van der Waals surface area (Å²) >= 11 is 0. The molecule has 490 valence electrons. The average Bonchev–Trinajstić information content (AvgIpc) is 0.729. The second-order valence-corrected chi connectivity index (χ2v) is 35.2. The van der Waals surface area contributed by atoms with Crippen molar-refractivity contribution in [3.05, 3.63) is 263 Å². The third-order valence-corrected chi connectivity index (χ3v) is 23.6. The minimum atomic E-state index is -0.133. The molecule has 2 aliphatic heterocycles. The van der Waals surface area contributed by atoms with Crippen molar-refractivity contribution >= 4 is 79.0 Å². The van der Waals surface area contributed by atoms with Crippen LogP contribution in [0.4, 0.5) is 34.1 Å². The third-order valence-electron chi connectivity index (χ3n) is 23.6. The van der Waals surface area contributed by atoms with Crippen molar-refractivity contribution in [2.75, 3.05) is 9.80 Å². The van der Waals surface area contributed by atoms with Gasteiger partial charge in [0.1, 0.15) is 0 Å². The Morgan fingerprint density at radius 3 is 1.29 bits per heavy atom. The Hall–Kier alpha value is -9.12. The van der Waals surface area contributed by atoms with Crippen LogP contribution < -0.4 is 26.2 Å². The second-order valence-electron chi connectivity index (χ2n) is 35.2. The van der Waals surface area contributed by atoms with Gasteiger partial charge in [0.15, 0.2) is 0 Å². The Morgan fingerprint density at radius 2 is 0.724 bits per heavy atom. The molecule has 3 heterocycles. The number of para-hydroxylation sites is 1. The van der Waals surface area contributed by atoms with Gasteiger partial charge in [-0.1, -0.05) is 269 Å². The largest absolute Gasteiger partial charge is 0.311 e. The van der Waals surface area contributed by atoms with E-state index in [4.69, 9.17) is 0 Å². The lowest BCUT2D eigenvalue weighted by Crippen LogP contribution is -2.61. The van der Waals surface area contributed by atoms with E-state index in [0.29, 0.717) is 0 Å².